The van der Waals surface area contributed by atoms with Crippen molar-refractivity contribution in [3.8, 4) is 0 Å². The molecule has 0 aromatic carbocycles. The van der Waals surface area contributed by atoms with Gasteiger partial charge in [-0.3, -0.25) is 0 Å². The Morgan fingerprint density at radius 1 is 1.56 bits per heavy atom. The average molecular weight is 121 g/mol. The lowest BCUT2D eigenvalue weighted by Gasteiger charge is -1.88. The Hall–Kier alpha value is -0.520. The van der Waals surface area contributed by atoms with E-state index in [2.05, 4.69) is 31.6 Å². The first-order valence-electron chi connectivity index (χ1n) is 3.58. The van der Waals surface area contributed by atoms with Gasteiger partial charge in [0.15, 0.2) is 0 Å². The van der Waals surface area contributed by atoms with Crippen LogP contribution in [0.2, 0.25) is 0 Å². The van der Waals surface area contributed by atoms with Crippen LogP contribution in [0.4, 0.5) is 0 Å². The fourth-order valence-electron chi connectivity index (χ4n) is 0.816. The van der Waals surface area contributed by atoms with E-state index in [0.717, 1.165) is 0 Å². The standard InChI is InChI=1S/C9H13/c1-2-3-4-5-6-9-7-8-9/h2-3,7-8H,4-6H2,1H3/b3-2-. The highest BCUT2D eigenvalue weighted by Crippen LogP contribution is 2.22. The number of rotatable bonds is 4. The molecule has 0 atom stereocenters. The van der Waals surface area contributed by atoms with Gasteiger partial charge in [-0.05, 0) is 26.2 Å². The zero-order valence-corrected chi connectivity index (χ0v) is 5.93. The Bertz CT molecular complexity index is 129. The van der Waals surface area contributed by atoms with Crippen molar-refractivity contribution in [3.05, 3.63) is 30.2 Å². The second-order valence-electron chi connectivity index (χ2n) is 2.37. The van der Waals surface area contributed by atoms with E-state index >= 15 is 0 Å². The van der Waals surface area contributed by atoms with E-state index < -0.39 is 0 Å². The molecule has 49 valence electrons. The highest BCUT2D eigenvalue weighted by Gasteiger charge is 2.04. The van der Waals surface area contributed by atoms with Crippen LogP contribution in [0.3, 0.4) is 0 Å². The van der Waals surface area contributed by atoms with Crippen LogP contribution in [-0.2, 0) is 0 Å². The van der Waals surface area contributed by atoms with Crippen LogP contribution in [-0.4, -0.2) is 0 Å². The minimum Gasteiger partial charge on any atom is -0.0917 e. The quantitative estimate of drug-likeness (QED) is 0.396. The van der Waals surface area contributed by atoms with Crippen molar-refractivity contribution in [2.75, 3.05) is 0 Å². The molecule has 0 bridgehead atoms. The predicted molar refractivity (Wildman–Crippen MR) is 41.0 cm³/mol. The molecule has 1 aliphatic carbocycles. The SMILES string of the molecule is C/C=C\CCCC1=C[CH]1. The van der Waals surface area contributed by atoms with E-state index in [1.54, 1.807) is 5.57 Å². The second kappa shape index (κ2) is 3.49. The molecule has 1 rings (SSSR count). The van der Waals surface area contributed by atoms with Crippen LogP contribution >= 0.6 is 0 Å². The zero-order chi connectivity index (χ0) is 6.53. The predicted octanol–water partition coefficient (Wildman–Crippen LogP) is 2.88. The number of hydrogen-bond donors (Lipinski definition) is 0. The van der Waals surface area contributed by atoms with Crippen molar-refractivity contribution in [1.82, 2.24) is 0 Å². The third kappa shape index (κ3) is 3.12. The summed E-state index contributed by atoms with van der Waals surface area (Å²) in [5.74, 6) is 0. The smallest absolute Gasteiger partial charge is 0.00802 e. The molecule has 0 unspecified atom stereocenters. The summed E-state index contributed by atoms with van der Waals surface area (Å²) >= 11 is 0. The Morgan fingerprint density at radius 3 is 2.89 bits per heavy atom. The largest absolute Gasteiger partial charge is 0.0917 e. The van der Waals surface area contributed by atoms with Crippen LogP contribution in [0.1, 0.15) is 26.2 Å². The van der Waals surface area contributed by atoms with Crippen molar-refractivity contribution in [3.63, 3.8) is 0 Å². The lowest BCUT2D eigenvalue weighted by Crippen LogP contribution is -1.69. The molecule has 0 heteroatoms. The summed E-state index contributed by atoms with van der Waals surface area (Å²) in [7, 11) is 0. The number of allylic oxidation sites excluding steroid dienone is 4. The zero-order valence-electron chi connectivity index (χ0n) is 5.93. The van der Waals surface area contributed by atoms with Gasteiger partial charge in [0.2, 0.25) is 0 Å². The summed E-state index contributed by atoms with van der Waals surface area (Å²) in [6.45, 7) is 2.07. The van der Waals surface area contributed by atoms with Gasteiger partial charge in [0, 0.05) is 6.42 Å². The van der Waals surface area contributed by atoms with Crippen molar-refractivity contribution in [1.29, 1.82) is 0 Å². The van der Waals surface area contributed by atoms with Crippen LogP contribution in [0.15, 0.2) is 23.8 Å². The Kier molecular flexibility index (Phi) is 2.56. The van der Waals surface area contributed by atoms with E-state index in [1.165, 1.54) is 19.3 Å². The van der Waals surface area contributed by atoms with Crippen LogP contribution < -0.4 is 0 Å². The Balaban J connectivity index is 1.87. The molecule has 0 aromatic rings. The van der Waals surface area contributed by atoms with Crippen molar-refractivity contribution in [2.24, 2.45) is 0 Å². The van der Waals surface area contributed by atoms with Gasteiger partial charge in [0.05, 0.1) is 0 Å². The first-order chi connectivity index (χ1) is 4.43. The third-order valence-electron chi connectivity index (χ3n) is 1.47. The monoisotopic (exact) mass is 121 g/mol. The molecule has 0 saturated carbocycles. The van der Waals surface area contributed by atoms with Crippen LogP contribution in [0.25, 0.3) is 0 Å². The number of unbranched alkanes of at least 4 members (excludes halogenated alkanes) is 1. The van der Waals surface area contributed by atoms with E-state index in [4.69, 9.17) is 0 Å². The van der Waals surface area contributed by atoms with E-state index in [1.807, 2.05) is 0 Å². The molecule has 0 spiro atoms. The van der Waals surface area contributed by atoms with Gasteiger partial charge in [-0.15, -0.1) is 0 Å². The van der Waals surface area contributed by atoms with E-state index in [-0.39, 0.29) is 0 Å². The maximum Gasteiger partial charge on any atom is 0.00802 e. The molecule has 0 nitrogen and oxygen atoms in total. The molecule has 9 heavy (non-hydrogen) atoms. The van der Waals surface area contributed by atoms with Gasteiger partial charge in [-0.2, -0.15) is 0 Å². The minimum atomic E-state index is 1.24. The molecule has 0 heterocycles. The topological polar surface area (TPSA) is 0 Å². The summed E-state index contributed by atoms with van der Waals surface area (Å²) in [6.07, 6.45) is 12.6. The lowest BCUT2D eigenvalue weighted by atomic mass is 10.2. The van der Waals surface area contributed by atoms with Gasteiger partial charge in [-0.25, -0.2) is 0 Å². The van der Waals surface area contributed by atoms with E-state index in [0.29, 0.717) is 0 Å². The normalized spacial score (nSPS) is 16.3. The Labute approximate surface area is 57.3 Å². The van der Waals surface area contributed by atoms with E-state index in [9.17, 15) is 0 Å². The molecule has 0 aromatic heterocycles. The third-order valence-corrected chi connectivity index (χ3v) is 1.47. The molecule has 0 amide bonds. The fourth-order valence-corrected chi connectivity index (χ4v) is 0.816. The van der Waals surface area contributed by atoms with Gasteiger partial charge in [-0.1, -0.05) is 23.8 Å². The summed E-state index contributed by atoms with van der Waals surface area (Å²) < 4.78 is 0. The van der Waals surface area contributed by atoms with Gasteiger partial charge in [0.1, 0.15) is 0 Å². The van der Waals surface area contributed by atoms with Crippen molar-refractivity contribution in [2.45, 2.75) is 26.2 Å². The highest BCUT2D eigenvalue weighted by atomic mass is 14.1. The number of hydrogen-bond acceptors (Lipinski definition) is 0. The van der Waals surface area contributed by atoms with Gasteiger partial charge in [0.25, 0.3) is 0 Å². The van der Waals surface area contributed by atoms with Crippen LogP contribution in [0.5, 0.6) is 0 Å². The molecule has 1 radical (unpaired) electrons. The van der Waals surface area contributed by atoms with Crippen molar-refractivity contribution < 1.29 is 0 Å². The van der Waals surface area contributed by atoms with Gasteiger partial charge >= 0.3 is 0 Å². The molecule has 0 aliphatic heterocycles. The highest BCUT2D eigenvalue weighted by molar-refractivity contribution is 5.38. The average Bonchev–Trinajstić information content (AvgIpc) is 2.63. The first-order valence-corrected chi connectivity index (χ1v) is 3.58. The summed E-state index contributed by atoms with van der Waals surface area (Å²) in [6, 6.07) is 0. The molecule has 0 fully saturated rings. The maximum absolute atomic E-state index is 2.23. The second-order valence-corrected chi connectivity index (χ2v) is 2.37. The van der Waals surface area contributed by atoms with Crippen LogP contribution in [0, 0.1) is 6.42 Å². The summed E-state index contributed by atoms with van der Waals surface area (Å²) in [5.41, 5.74) is 1.54. The molecular weight excluding hydrogens is 108 g/mol. The van der Waals surface area contributed by atoms with Crippen molar-refractivity contribution >= 4 is 0 Å². The summed E-state index contributed by atoms with van der Waals surface area (Å²) in [4.78, 5) is 0. The minimum absolute atomic E-state index is 1.24. The molecule has 0 N–H and O–H groups in total. The first kappa shape index (κ1) is 6.60. The molecule has 1 aliphatic rings. The van der Waals surface area contributed by atoms with Gasteiger partial charge < -0.3 is 0 Å². The maximum atomic E-state index is 2.23. The lowest BCUT2D eigenvalue weighted by molar-refractivity contribution is 0.856. The molecule has 0 saturated heterocycles. The Morgan fingerprint density at radius 2 is 2.33 bits per heavy atom. The molecular formula is C9H13. The fraction of sp³-hybridized carbons (Fsp3) is 0.444. The summed E-state index contributed by atoms with van der Waals surface area (Å²) in [5, 5.41) is 0.